The molecule has 3 nitrogen and oxygen atoms in total. The second kappa shape index (κ2) is 7.39. The minimum atomic E-state index is -2.90. The van der Waals surface area contributed by atoms with Gasteiger partial charge in [0, 0.05) is 28.1 Å². The molecule has 0 bridgehead atoms. The molecular formula is C10H22O3S2. The summed E-state index contributed by atoms with van der Waals surface area (Å²) in [6, 6.07) is 0. The van der Waals surface area contributed by atoms with Crippen LogP contribution >= 0.6 is 0 Å². The molecule has 5 heteroatoms. The largest absolute Gasteiger partial charge is 0.259 e. The molecule has 0 aliphatic rings. The number of hydrogen-bond acceptors (Lipinski definition) is 3. The first-order chi connectivity index (χ1) is 6.90. The molecule has 0 heterocycles. The maximum absolute atomic E-state index is 11.8. The standard InChI is InChI=1S/C10H22O3S2/c1-4-7-10(5-2)14(11)8-6-9-15(3,12)13/h10H,4-9H2,1-3H3. The molecule has 0 rings (SSSR count). The lowest BCUT2D eigenvalue weighted by Crippen LogP contribution is -2.18. The zero-order valence-corrected chi connectivity index (χ0v) is 11.5. The van der Waals surface area contributed by atoms with E-state index in [1.165, 1.54) is 6.26 Å². The predicted molar refractivity (Wildman–Crippen MR) is 66.3 cm³/mol. The zero-order chi connectivity index (χ0) is 11.9. The minimum Gasteiger partial charge on any atom is -0.259 e. The molecule has 0 aliphatic carbocycles. The smallest absolute Gasteiger partial charge is 0.147 e. The van der Waals surface area contributed by atoms with Gasteiger partial charge in [-0.2, -0.15) is 0 Å². The van der Waals surface area contributed by atoms with Crippen molar-refractivity contribution in [2.24, 2.45) is 0 Å². The van der Waals surface area contributed by atoms with Crippen LogP contribution in [0.2, 0.25) is 0 Å². The molecule has 92 valence electrons. The molecule has 2 unspecified atom stereocenters. The van der Waals surface area contributed by atoms with E-state index in [2.05, 4.69) is 6.92 Å². The molecule has 0 spiro atoms. The first-order valence-electron chi connectivity index (χ1n) is 5.45. The summed E-state index contributed by atoms with van der Waals surface area (Å²) in [5.74, 6) is 0.673. The first-order valence-corrected chi connectivity index (χ1v) is 8.89. The van der Waals surface area contributed by atoms with Crippen molar-refractivity contribution in [3.8, 4) is 0 Å². The zero-order valence-electron chi connectivity index (χ0n) is 9.86. The van der Waals surface area contributed by atoms with E-state index in [9.17, 15) is 12.6 Å². The molecule has 0 saturated carbocycles. The van der Waals surface area contributed by atoms with Gasteiger partial charge < -0.3 is 0 Å². The van der Waals surface area contributed by atoms with Crippen LogP contribution in [0.15, 0.2) is 0 Å². The Morgan fingerprint density at radius 2 is 1.87 bits per heavy atom. The average molecular weight is 254 g/mol. The Labute approximate surface area is 96.0 Å². The van der Waals surface area contributed by atoms with Crippen molar-refractivity contribution in [3.63, 3.8) is 0 Å². The van der Waals surface area contributed by atoms with Crippen LogP contribution in [0, 0.1) is 0 Å². The van der Waals surface area contributed by atoms with Crippen LogP contribution in [-0.2, 0) is 20.6 Å². The van der Waals surface area contributed by atoms with E-state index in [1.807, 2.05) is 6.92 Å². The molecule has 0 aromatic rings. The molecular weight excluding hydrogens is 232 g/mol. The van der Waals surface area contributed by atoms with E-state index in [4.69, 9.17) is 0 Å². The van der Waals surface area contributed by atoms with E-state index in [1.54, 1.807) is 0 Å². The highest BCUT2D eigenvalue weighted by Crippen LogP contribution is 2.10. The SMILES string of the molecule is CCCC(CC)S(=O)CCCS(C)(=O)=O. The van der Waals surface area contributed by atoms with Gasteiger partial charge in [0.05, 0.1) is 5.75 Å². The molecule has 0 N–H and O–H groups in total. The van der Waals surface area contributed by atoms with Crippen molar-refractivity contribution in [1.82, 2.24) is 0 Å². The van der Waals surface area contributed by atoms with Crippen molar-refractivity contribution in [2.75, 3.05) is 17.8 Å². The topological polar surface area (TPSA) is 51.2 Å². The summed E-state index contributed by atoms with van der Waals surface area (Å²) >= 11 is 0. The summed E-state index contributed by atoms with van der Waals surface area (Å²) in [6.07, 6.45) is 4.67. The Hall–Kier alpha value is 0.1000. The summed E-state index contributed by atoms with van der Waals surface area (Å²) in [5, 5.41) is 0.245. The van der Waals surface area contributed by atoms with Crippen molar-refractivity contribution < 1.29 is 12.6 Å². The van der Waals surface area contributed by atoms with Crippen LogP contribution in [0.1, 0.15) is 39.5 Å². The molecule has 0 amide bonds. The maximum Gasteiger partial charge on any atom is 0.147 e. The molecule has 0 aliphatic heterocycles. The maximum atomic E-state index is 11.8. The molecule has 2 atom stereocenters. The van der Waals surface area contributed by atoms with Crippen LogP contribution in [0.25, 0.3) is 0 Å². The fourth-order valence-electron chi connectivity index (χ4n) is 1.47. The highest BCUT2D eigenvalue weighted by Gasteiger charge is 2.14. The van der Waals surface area contributed by atoms with Gasteiger partial charge in [-0.1, -0.05) is 20.3 Å². The summed E-state index contributed by atoms with van der Waals surface area (Å²) < 4.78 is 33.5. The van der Waals surface area contributed by atoms with Gasteiger partial charge in [0.1, 0.15) is 9.84 Å². The molecule has 0 fully saturated rings. The van der Waals surface area contributed by atoms with Crippen molar-refractivity contribution in [3.05, 3.63) is 0 Å². The van der Waals surface area contributed by atoms with Gasteiger partial charge in [0.25, 0.3) is 0 Å². The summed E-state index contributed by atoms with van der Waals surface area (Å²) in [7, 11) is -3.76. The summed E-state index contributed by atoms with van der Waals surface area (Å²) in [5.41, 5.74) is 0. The molecule has 15 heavy (non-hydrogen) atoms. The van der Waals surface area contributed by atoms with Gasteiger partial charge in [-0.05, 0) is 19.3 Å². The monoisotopic (exact) mass is 254 g/mol. The van der Waals surface area contributed by atoms with Crippen LogP contribution in [0.5, 0.6) is 0 Å². The van der Waals surface area contributed by atoms with Crippen molar-refractivity contribution in [2.45, 2.75) is 44.8 Å². The quantitative estimate of drug-likeness (QED) is 0.663. The lowest BCUT2D eigenvalue weighted by Gasteiger charge is -2.12. The van der Waals surface area contributed by atoms with Gasteiger partial charge in [0.2, 0.25) is 0 Å². The Bertz CT molecular complexity index is 283. The molecule has 0 radical (unpaired) electrons. The highest BCUT2D eigenvalue weighted by atomic mass is 32.2. The second-order valence-electron chi connectivity index (χ2n) is 3.89. The fourth-order valence-corrected chi connectivity index (χ4v) is 3.96. The van der Waals surface area contributed by atoms with Crippen LogP contribution in [0.4, 0.5) is 0 Å². The van der Waals surface area contributed by atoms with Gasteiger partial charge in [-0.25, -0.2) is 8.42 Å². The number of rotatable bonds is 8. The highest BCUT2D eigenvalue weighted by molar-refractivity contribution is 7.90. The summed E-state index contributed by atoms with van der Waals surface area (Å²) in [6.45, 7) is 4.12. The van der Waals surface area contributed by atoms with Gasteiger partial charge in [-0.15, -0.1) is 0 Å². The Balaban J connectivity index is 3.91. The Morgan fingerprint density at radius 1 is 1.27 bits per heavy atom. The second-order valence-corrected chi connectivity index (χ2v) is 7.98. The van der Waals surface area contributed by atoms with Crippen LogP contribution in [0.3, 0.4) is 0 Å². The van der Waals surface area contributed by atoms with E-state index in [0.29, 0.717) is 12.2 Å². The third-order valence-electron chi connectivity index (χ3n) is 2.30. The van der Waals surface area contributed by atoms with Crippen LogP contribution in [-0.4, -0.2) is 35.6 Å². The fraction of sp³-hybridized carbons (Fsp3) is 1.00. The van der Waals surface area contributed by atoms with Crippen molar-refractivity contribution >= 4 is 20.6 Å². The normalized spacial score (nSPS) is 16.2. The lowest BCUT2D eigenvalue weighted by atomic mass is 10.2. The number of sulfone groups is 1. The van der Waals surface area contributed by atoms with E-state index in [-0.39, 0.29) is 11.0 Å². The third-order valence-corrected chi connectivity index (χ3v) is 5.33. The van der Waals surface area contributed by atoms with E-state index < -0.39 is 20.6 Å². The first kappa shape index (κ1) is 15.1. The van der Waals surface area contributed by atoms with E-state index in [0.717, 1.165) is 19.3 Å². The van der Waals surface area contributed by atoms with E-state index >= 15 is 0 Å². The average Bonchev–Trinajstić information content (AvgIpc) is 2.11. The Morgan fingerprint density at radius 3 is 2.27 bits per heavy atom. The van der Waals surface area contributed by atoms with Gasteiger partial charge in [-0.3, -0.25) is 4.21 Å². The third kappa shape index (κ3) is 7.96. The minimum absolute atomic E-state index is 0.154. The lowest BCUT2D eigenvalue weighted by molar-refractivity contribution is 0.600. The van der Waals surface area contributed by atoms with Crippen molar-refractivity contribution in [1.29, 1.82) is 0 Å². The number of hydrogen-bond donors (Lipinski definition) is 0. The van der Waals surface area contributed by atoms with Gasteiger partial charge in [0.15, 0.2) is 0 Å². The molecule has 0 aromatic carbocycles. The van der Waals surface area contributed by atoms with Gasteiger partial charge >= 0.3 is 0 Å². The molecule has 0 saturated heterocycles. The summed E-state index contributed by atoms with van der Waals surface area (Å²) in [4.78, 5) is 0. The predicted octanol–water partition coefficient (Wildman–Crippen LogP) is 1.75. The Kier molecular flexibility index (Phi) is 7.44. The molecule has 0 aromatic heterocycles. The van der Waals surface area contributed by atoms with Crippen LogP contribution < -0.4 is 0 Å².